The molecular weight excluding hydrogens is 278 g/mol. The van der Waals surface area contributed by atoms with Gasteiger partial charge in [0.15, 0.2) is 0 Å². The maximum Gasteiger partial charge on any atom is 0.0752 e. The molecule has 0 spiro atoms. The second-order valence-electron chi connectivity index (χ2n) is 4.77. The maximum absolute atomic E-state index is 5.95. The SMILES string of the molecule is Nc1cncc(Br)c1NC1CCCCCCC1. The van der Waals surface area contributed by atoms with Crippen LogP contribution < -0.4 is 11.1 Å². The van der Waals surface area contributed by atoms with Crippen molar-refractivity contribution < 1.29 is 0 Å². The smallest absolute Gasteiger partial charge is 0.0752 e. The van der Waals surface area contributed by atoms with E-state index < -0.39 is 0 Å². The highest BCUT2D eigenvalue weighted by Crippen LogP contribution is 2.30. The minimum absolute atomic E-state index is 0.552. The van der Waals surface area contributed by atoms with Crippen molar-refractivity contribution in [3.05, 3.63) is 16.9 Å². The van der Waals surface area contributed by atoms with E-state index in [0.717, 1.165) is 15.8 Å². The number of rotatable bonds is 2. The van der Waals surface area contributed by atoms with E-state index in [1.54, 1.807) is 12.4 Å². The van der Waals surface area contributed by atoms with Gasteiger partial charge in [-0.3, -0.25) is 4.98 Å². The second kappa shape index (κ2) is 6.24. The van der Waals surface area contributed by atoms with Gasteiger partial charge < -0.3 is 11.1 Å². The van der Waals surface area contributed by atoms with Crippen molar-refractivity contribution in [2.24, 2.45) is 0 Å². The fourth-order valence-electron chi connectivity index (χ4n) is 2.41. The molecule has 94 valence electrons. The number of anilines is 2. The van der Waals surface area contributed by atoms with Crippen molar-refractivity contribution in [3.63, 3.8) is 0 Å². The van der Waals surface area contributed by atoms with E-state index in [1.807, 2.05) is 0 Å². The molecule has 1 aromatic rings. The molecule has 2 rings (SSSR count). The highest BCUT2D eigenvalue weighted by Gasteiger charge is 2.14. The summed E-state index contributed by atoms with van der Waals surface area (Å²) in [5.41, 5.74) is 7.68. The topological polar surface area (TPSA) is 50.9 Å². The van der Waals surface area contributed by atoms with Gasteiger partial charge in [-0.25, -0.2) is 0 Å². The molecule has 3 N–H and O–H groups in total. The Bertz CT molecular complexity index is 339. The van der Waals surface area contributed by atoms with Crippen molar-refractivity contribution >= 4 is 27.3 Å². The highest BCUT2D eigenvalue weighted by atomic mass is 79.9. The predicted octanol–water partition coefficient (Wildman–Crippen LogP) is 3.95. The maximum atomic E-state index is 5.95. The number of hydrogen-bond donors (Lipinski definition) is 2. The van der Waals surface area contributed by atoms with E-state index in [1.165, 1.54) is 44.9 Å². The van der Waals surface area contributed by atoms with Gasteiger partial charge in [-0.15, -0.1) is 0 Å². The van der Waals surface area contributed by atoms with E-state index in [0.29, 0.717) is 6.04 Å². The summed E-state index contributed by atoms with van der Waals surface area (Å²) in [6.07, 6.45) is 12.8. The van der Waals surface area contributed by atoms with Crippen molar-refractivity contribution in [2.45, 2.75) is 51.0 Å². The molecule has 1 aliphatic carbocycles. The molecule has 0 unspecified atom stereocenters. The monoisotopic (exact) mass is 297 g/mol. The summed E-state index contributed by atoms with van der Waals surface area (Å²) in [7, 11) is 0. The molecule has 0 saturated heterocycles. The lowest BCUT2D eigenvalue weighted by molar-refractivity contribution is 0.471. The first-order chi connectivity index (χ1) is 8.27. The molecule has 1 fully saturated rings. The lowest BCUT2D eigenvalue weighted by Gasteiger charge is -2.23. The average molecular weight is 298 g/mol. The van der Waals surface area contributed by atoms with Crippen LogP contribution in [-0.2, 0) is 0 Å². The average Bonchev–Trinajstić information content (AvgIpc) is 2.26. The minimum atomic E-state index is 0.552. The Morgan fingerprint density at radius 3 is 2.41 bits per heavy atom. The highest BCUT2D eigenvalue weighted by molar-refractivity contribution is 9.10. The van der Waals surface area contributed by atoms with E-state index >= 15 is 0 Å². The predicted molar refractivity (Wildman–Crippen MR) is 76.1 cm³/mol. The zero-order valence-corrected chi connectivity index (χ0v) is 11.7. The molecule has 17 heavy (non-hydrogen) atoms. The Balaban J connectivity index is 2.03. The van der Waals surface area contributed by atoms with Crippen LogP contribution in [0.4, 0.5) is 11.4 Å². The zero-order chi connectivity index (χ0) is 12.1. The van der Waals surface area contributed by atoms with Crippen molar-refractivity contribution in [1.82, 2.24) is 4.98 Å². The van der Waals surface area contributed by atoms with Gasteiger partial charge in [0.2, 0.25) is 0 Å². The van der Waals surface area contributed by atoms with Crippen LogP contribution in [0.1, 0.15) is 44.9 Å². The van der Waals surface area contributed by atoms with E-state index in [9.17, 15) is 0 Å². The number of nitrogens with two attached hydrogens (primary N) is 1. The third kappa shape index (κ3) is 3.60. The molecule has 1 heterocycles. The summed E-state index contributed by atoms with van der Waals surface area (Å²) in [5.74, 6) is 0. The summed E-state index contributed by atoms with van der Waals surface area (Å²) in [6, 6.07) is 0.552. The van der Waals surface area contributed by atoms with Crippen LogP contribution in [0.15, 0.2) is 16.9 Å². The number of nitrogens with one attached hydrogen (secondary N) is 1. The Hall–Kier alpha value is -0.770. The van der Waals surface area contributed by atoms with E-state index in [4.69, 9.17) is 5.73 Å². The molecular formula is C13H20BrN3. The van der Waals surface area contributed by atoms with E-state index in [2.05, 4.69) is 26.2 Å². The number of nitrogens with zero attached hydrogens (tertiary/aromatic N) is 1. The van der Waals surface area contributed by atoms with Crippen LogP contribution in [0.2, 0.25) is 0 Å². The van der Waals surface area contributed by atoms with Crippen LogP contribution in [-0.4, -0.2) is 11.0 Å². The third-order valence-electron chi connectivity index (χ3n) is 3.38. The van der Waals surface area contributed by atoms with Gasteiger partial charge in [0.25, 0.3) is 0 Å². The molecule has 0 aliphatic heterocycles. The van der Waals surface area contributed by atoms with Gasteiger partial charge in [0.1, 0.15) is 0 Å². The Kier molecular flexibility index (Phi) is 4.66. The van der Waals surface area contributed by atoms with Gasteiger partial charge in [-0.05, 0) is 28.8 Å². The van der Waals surface area contributed by atoms with E-state index in [-0.39, 0.29) is 0 Å². The Morgan fingerprint density at radius 2 is 1.76 bits per heavy atom. The molecule has 1 saturated carbocycles. The van der Waals surface area contributed by atoms with Gasteiger partial charge >= 0.3 is 0 Å². The minimum Gasteiger partial charge on any atom is -0.396 e. The van der Waals surface area contributed by atoms with Crippen LogP contribution in [0.5, 0.6) is 0 Å². The summed E-state index contributed by atoms with van der Waals surface area (Å²) in [4.78, 5) is 4.06. The number of pyridine rings is 1. The number of hydrogen-bond acceptors (Lipinski definition) is 3. The zero-order valence-electron chi connectivity index (χ0n) is 10.1. The summed E-state index contributed by atoms with van der Waals surface area (Å²) < 4.78 is 0.958. The van der Waals surface area contributed by atoms with Gasteiger partial charge in [0, 0.05) is 12.2 Å². The van der Waals surface area contributed by atoms with Crippen LogP contribution in [0, 0.1) is 0 Å². The Morgan fingerprint density at radius 1 is 1.12 bits per heavy atom. The fourth-order valence-corrected chi connectivity index (χ4v) is 2.87. The Labute approximate surface area is 111 Å². The fraction of sp³-hybridized carbons (Fsp3) is 0.615. The van der Waals surface area contributed by atoms with Crippen molar-refractivity contribution in [2.75, 3.05) is 11.1 Å². The molecule has 0 amide bonds. The van der Waals surface area contributed by atoms with Gasteiger partial charge in [-0.2, -0.15) is 0 Å². The first-order valence-corrected chi connectivity index (χ1v) is 7.22. The number of halogens is 1. The standard InChI is InChI=1S/C13H20BrN3/c14-11-8-16-9-12(15)13(11)17-10-6-4-2-1-3-5-7-10/h8-10H,1-7,15H2,(H,16,17). The lowest BCUT2D eigenvalue weighted by atomic mass is 9.96. The van der Waals surface area contributed by atoms with Crippen molar-refractivity contribution in [1.29, 1.82) is 0 Å². The normalized spacial score (nSPS) is 18.4. The molecule has 3 nitrogen and oxygen atoms in total. The second-order valence-corrected chi connectivity index (χ2v) is 5.63. The summed E-state index contributed by atoms with van der Waals surface area (Å²) in [6.45, 7) is 0. The summed E-state index contributed by atoms with van der Waals surface area (Å²) >= 11 is 3.50. The molecule has 1 aliphatic rings. The van der Waals surface area contributed by atoms with Crippen LogP contribution in [0.25, 0.3) is 0 Å². The molecule has 4 heteroatoms. The number of aromatic nitrogens is 1. The van der Waals surface area contributed by atoms with Crippen LogP contribution in [0.3, 0.4) is 0 Å². The molecule has 0 atom stereocenters. The molecule has 0 aromatic carbocycles. The van der Waals surface area contributed by atoms with Crippen molar-refractivity contribution in [3.8, 4) is 0 Å². The first kappa shape index (κ1) is 12.7. The van der Waals surface area contributed by atoms with Crippen LogP contribution >= 0.6 is 15.9 Å². The molecule has 0 radical (unpaired) electrons. The van der Waals surface area contributed by atoms with Gasteiger partial charge in [0.05, 0.1) is 22.0 Å². The molecule has 1 aromatic heterocycles. The summed E-state index contributed by atoms with van der Waals surface area (Å²) in [5, 5.41) is 3.57. The molecule has 0 bridgehead atoms. The van der Waals surface area contributed by atoms with Gasteiger partial charge in [-0.1, -0.05) is 32.1 Å². The lowest BCUT2D eigenvalue weighted by Crippen LogP contribution is -2.21. The number of nitrogen functional groups attached to an aromatic ring is 1. The largest absolute Gasteiger partial charge is 0.396 e. The first-order valence-electron chi connectivity index (χ1n) is 6.43. The third-order valence-corrected chi connectivity index (χ3v) is 3.98. The quantitative estimate of drug-likeness (QED) is 0.869.